The van der Waals surface area contributed by atoms with Gasteiger partial charge in [0.15, 0.2) is 0 Å². The molecule has 0 bridgehead atoms. The maximum absolute atomic E-state index is 11.7. The third kappa shape index (κ3) is 7.73. The molecule has 0 saturated carbocycles. The van der Waals surface area contributed by atoms with Crippen molar-refractivity contribution in [1.82, 2.24) is 0 Å². The molecule has 0 amide bonds. The van der Waals surface area contributed by atoms with Crippen LogP contribution in [0.25, 0.3) is 11.1 Å². The molecule has 0 radical (unpaired) electrons. The number of furan rings is 2. The zero-order chi connectivity index (χ0) is 26.7. The number of rotatable bonds is 13. The van der Waals surface area contributed by atoms with E-state index in [1.165, 1.54) is 24.7 Å². The van der Waals surface area contributed by atoms with Gasteiger partial charge in [0.1, 0.15) is 50.1 Å². The van der Waals surface area contributed by atoms with E-state index in [-0.39, 0.29) is 37.9 Å². The number of hydrogen-bond acceptors (Lipinski definition) is 10. The van der Waals surface area contributed by atoms with Gasteiger partial charge in [-0.25, -0.2) is 9.59 Å². The lowest BCUT2D eigenvalue weighted by atomic mass is 10.1. The van der Waals surface area contributed by atoms with Gasteiger partial charge in [0.2, 0.25) is 11.5 Å². The smallest absolute Gasteiger partial charge is 0.374 e. The van der Waals surface area contributed by atoms with E-state index in [0.717, 1.165) is 11.1 Å². The minimum Gasteiger partial charge on any atom is -0.491 e. The molecule has 198 valence electrons. The molecule has 0 aliphatic heterocycles. The van der Waals surface area contributed by atoms with Crippen molar-refractivity contribution >= 4 is 11.9 Å². The Balaban J connectivity index is 1.17. The molecular weight excluding hydrogens is 496 g/mol. The molecule has 38 heavy (non-hydrogen) atoms. The van der Waals surface area contributed by atoms with E-state index in [1.54, 1.807) is 36.4 Å². The highest BCUT2D eigenvalue weighted by molar-refractivity contribution is 5.86. The first-order chi connectivity index (χ1) is 18.5. The van der Waals surface area contributed by atoms with Crippen molar-refractivity contribution in [3.8, 4) is 22.6 Å². The summed E-state index contributed by atoms with van der Waals surface area (Å²) >= 11 is 0. The average Bonchev–Trinajstić information content (AvgIpc) is 3.68. The maximum Gasteiger partial charge on any atom is 0.374 e. The van der Waals surface area contributed by atoms with Crippen LogP contribution in [0.5, 0.6) is 11.5 Å². The van der Waals surface area contributed by atoms with Crippen molar-refractivity contribution in [2.45, 2.75) is 12.2 Å². The van der Waals surface area contributed by atoms with Gasteiger partial charge in [-0.05, 0) is 59.7 Å². The van der Waals surface area contributed by atoms with Crippen LogP contribution in [0.15, 0.2) is 94.2 Å². The summed E-state index contributed by atoms with van der Waals surface area (Å²) in [5.74, 6) is -0.0839. The molecule has 2 atom stereocenters. The summed E-state index contributed by atoms with van der Waals surface area (Å²) < 4.78 is 31.0. The first kappa shape index (κ1) is 26.5. The van der Waals surface area contributed by atoms with Gasteiger partial charge in [-0.15, -0.1) is 0 Å². The topological polar surface area (TPSA) is 138 Å². The van der Waals surface area contributed by atoms with Crippen molar-refractivity contribution in [3.05, 3.63) is 96.8 Å². The van der Waals surface area contributed by atoms with Crippen molar-refractivity contribution in [2.75, 3.05) is 26.4 Å². The Kier molecular flexibility index (Phi) is 9.17. The molecule has 4 rings (SSSR count). The Labute approximate surface area is 217 Å². The Hall–Kier alpha value is -4.54. The number of aliphatic hydroxyl groups excluding tert-OH is 2. The van der Waals surface area contributed by atoms with E-state index in [2.05, 4.69) is 0 Å². The zero-order valence-electron chi connectivity index (χ0n) is 20.2. The lowest BCUT2D eigenvalue weighted by molar-refractivity contribution is 0.0103. The maximum atomic E-state index is 11.7. The summed E-state index contributed by atoms with van der Waals surface area (Å²) in [6, 6.07) is 20.6. The quantitative estimate of drug-likeness (QED) is 0.250. The van der Waals surface area contributed by atoms with Crippen LogP contribution in [0.2, 0.25) is 0 Å². The van der Waals surface area contributed by atoms with Crippen molar-refractivity contribution in [1.29, 1.82) is 0 Å². The highest BCUT2D eigenvalue weighted by atomic mass is 16.6. The Bertz CT molecular complexity index is 1160. The van der Waals surface area contributed by atoms with Crippen LogP contribution in [-0.4, -0.2) is 60.8 Å². The summed E-state index contributed by atoms with van der Waals surface area (Å²) in [5, 5.41) is 20.0. The fraction of sp³-hybridized carbons (Fsp3) is 0.214. The Morgan fingerprint density at radius 1 is 0.605 bits per heavy atom. The number of benzene rings is 2. The third-order valence-electron chi connectivity index (χ3n) is 5.19. The van der Waals surface area contributed by atoms with E-state index in [4.69, 9.17) is 27.8 Å². The van der Waals surface area contributed by atoms with Crippen molar-refractivity contribution < 1.29 is 47.6 Å². The van der Waals surface area contributed by atoms with Gasteiger partial charge in [0, 0.05) is 0 Å². The van der Waals surface area contributed by atoms with Gasteiger partial charge in [0.05, 0.1) is 12.5 Å². The molecule has 2 unspecified atom stereocenters. The second-order valence-electron chi connectivity index (χ2n) is 8.13. The van der Waals surface area contributed by atoms with Gasteiger partial charge in [0.25, 0.3) is 0 Å². The SMILES string of the molecule is O=C(OCC(O)COc1ccc(-c2ccc(OCC(O)COC(=O)c3ccco3)cc2)cc1)c1ccco1. The predicted octanol–water partition coefficient (Wildman–Crippen LogP) is 3.73. The standard InChI is InChI=1S/C28H26O10/c29-21(17-37-27(31)25-3-1-13-33-25)15-35-23-9-5-19(6-10-23)20-7-11-24(12-8-20)36-16-22(30)18-38-28(32)26-4-2-14-34-26/h1-14,21-22,29-30H,15-18H2. The molecule has 0 saturated heterocycles. The Morgan fingerprint density at radius 3 is 1.34 bits per heavy atom. The normalized spacial score (nSPS) is 12.4. The number of esters is 2. The average molecular weight is 523 g/mol. The largest absolute Gasteiger partial charge is 0.491 e. The second-order valence-corrected chi connectivity index (χ2v) is 8.13. The molecular formula is C28H26O10. The zero-order valence-corrected chi connectivity index (χ0v) is 20.2. The Morgan fingerprint density at radius 2 is 1.00 bits per heavy atom. The number of carbonyl (C=O) groups excluding carboxylic acids is 2. The second kappa shape index (κ2) is 13.1. The minimum atomic E-state index is -0.997. The number of aliphatic hydroxyl groups is 2. The molecule has 10 nitrogen and oxygen atoms in total. The van der Waals surface area contributed by atoms with Crippen molar-refractivity contribution in [2.24, 2.45) is 0 Å². The molecule has 0 fully saturated rings. The number of hydrogen-bond donors (Lipinski definition) is 2. The molecule has 0 spiro atoms. The predicted molar refractivity (Wildman–Crippen MR) is 133 cm³/mol. The van der Waals surface area contributed by atoms with E-state index in [0.29, 0.717) is 11.5 Å². The molecule has 2 heterocycles. The van der Waals surface area contributed by atoms with Gasteiger partial charge < -0.3 is 38.0 Å². The highest BCUT2D eigenvalue weighted by Crippen LogP contribution is 2.25. The van der Waals surface area contributed by atoms with E-state index >= 15 is 0 Å². The van der Waals surface area contributed by atoms with Crippen LogP contribution >= 0.6 is 0 Å². The van der Waals surface area contributed by atoms with Crippen molar-refractivity contribution in [3.63, 3.8) is 0 Å². The van der Waals surface area contributed by atoms with Gasteiger partial charge in [-0.1, -0.05) is 24.3 Å². The summed E-state index contributed by atoms with van der Waals surface area (Å²) in [5.41, 5.74) is 1.86. The third-order valence-corrected chi connectivity index (χ3v) is 5.19. The summed E-state index contributed by atoms with van der Waals surface area (Å²) in [4.78, 5) is 23.4. The van der Waals surface area contributed by atoms with Crippen LogP contribution in [-0.2, 0) is 9.47 Å². The lowest BCUT2D eigenvalue weighted by Crippen LogP contribution is -2.25. The van der Waals surface area contributed by atoms with E-state index < -0.39 is 24.1 Å². The lowest BCUT2D eigenvalue weighted by Gasteiger charge is -2.13. The van der Waals surface area contributed by atoms with Crippen LogP contribution in [0, 0.1) is 0 Å². The first-order valence-electron chi connectivity index (χ1n) is 11.7. The summed E-state index contributed by atoms with van der Waals surface area (Å²) in [7, 11) is 0. The van der Waals surface area contributed by atoms with Crippen LogP contribution in [0.3, 0.4) is 0 Å². The molecule has 0 aliphatic rings. The minimum absolute atomic E-state index is 0.0509. The summed E-state index contributed by atoms with van der Waals surface area (Å²) in [6.45, 7) is -0.548. The molecule has 2 N–H and O–H groups in total. The molecule has 2 aromatic carbocycles. The molecule has 0 aliphatic carbocycles. The van der Waals surface area contributed by atoms with Crippen LogP contribution < -0.4 is 9.47 Å². The first-order valence-corrected chi connectivity index (χ1v) is 11.7. The molecule has 10 heteroatoms. The monoisotopic (exact) mass is 522 g/mol. The molecule has 4 aromatic rings. The van der Waals surface area contributed by atoms with E-state index in [1.807, 2.05) is 24.3 Å². The number of carbonyl (C=O) groups is 2. The van der Waals surface area contributed by atoms with Gasteiger partial charge in [-0.3, -0.25) is 0 Å². The summed E-state index contributed by atoms with van der Waals surface area (Å²) in [6.07, 6.45) is 0.731. The highest BCUT2D eigenvalue weighted by Gasteiger charge is 2.15. The number of ether oxygens (including phenoxy) is 4. The van der Waals surface area contributed by atoms with Crippen LogP contribution in [0.4, 0.5) is 0 Å². The molecule has 2 aromatic heterocycles. The van der Waals surface area contributed by atoms with Crippen LogP contribution in [0.1, 0.15) is 21.1 Å². The fourth-order valence-electron chi connectivity index (χ4n) is 3.24. The van der Waals surface area contributed by atoms with Gasteiger partial charge in [-0.2, -0.15) is 0 Å². The van der Waals surface area contributed by atoms with E-state index in [9.17, 15) is 19.8 Å². The van der Waals surface area contributed by atoms with Gasteiger partial charge >= 0.3 is 11.9 Å². The fourth-order valence-corrected chi connectivity index (χ4v) is 3.24.